The SMILES string of the molecule is O=C(N[C@@H](CO)c1ccccc1)c1ccc2c(c1)ncn2Cc1ccc(-c2cccnc2)cc1. The number of pyridine rings is 1. The lowest BCUT2D eigenvalue weighted by Crippen LogP contribution is -2.30. The van der Waals surface area contributed by atoms with Gasteiger partial charge in [-0.2, -0.15) is 0 Å². The van der Waals surface area contributed by atoms with Crippen molar-refractivity contribution in [1.29, 1.82) is 0 Å². The Morgan fingerprint density at radius 3 is 2.50 bits per heavy atom. The molecule has 6 heteroatoms. The number of rotatable bonds is 7. The second-order valence-corrected chi connectivity index (χ2v) is 8.13. The number of carbonyl (C=O) groups excluding carboxylic acids is 1. The molecule has 0 saturated carbocycles. The Labute approximate surface area is 197 Å². The Kier molecular flexibility index (Phi) is 6.14. The molecule has 3 aromatic carbocycles. The maximum atomic E-state index is 12.8. The molecular formula is C28H24N4O2. The van der Waals surface area contributed by atoms with E-state index < -0.39 is 6.04 Å². The minimum Gasteiger partial charge on any atom is -0.394 e. The van der Waals surface area contributed by atoms with Gasteiger partial charge < -0.3 is 15.0 Å². The molecule has 0 unspecified atom stereocenters. The molecule has 6 nitrogen and oxygen atoms in total. The fourth-order valence-corrected chi connectivity index (χ4v) is 4.03. The van der Waals surface area contributed by atoms with Crippen LogP contribution in [0.15, 0.2) is 104 Å². The molecule has 168 valence electrons. The van der Waals surface area contributed by atoms with Gasteiger partial charge in [0.05, 0.1) is 30.0 Å². The van der Waals surface area contributed by atoms with Crippen LogP contribution < -0.4 is 5.32 Å². The summed E-state index contributed by atoms with van der Waals surface area (Å²) in [5.74, 6) is -0.245. The molecule has 0 saturated heterocycles. The van der Waals surface area contributed by atoms with E-state index in [1.165, 1.54) is 0 Å². The molecule has 5 rings (SSSR count). The molecule has 0 aliphatic heterocycles. The lowest BCUT2D eigenvalue weighted by Gasteiger charge is -2.16. The van der Waals surface area contributed by atoms with Crippen molar-refractivity contribution in [2.24, 2.45) is 0 Å². The first kappa shape index (κ1) is 21.6. The molecule has 0 bridgehead atoms. The van der Waals surface area contributed by atoms with Crippen LogP contribution in [-0.2, 0) is 6.54 Å². The maximum absolute atomic E-state index is 12.8. The molecule has 0 aliphatic rings. The fourth-order valence-electron chi connectivity index (χ4n) is 4.03. The van der Waals surface area contributed by atoms with Gasteiger partial charge in [0.1, 0.15) is 0 Å². The summed E-state index contributed by atoms with van der Waals surface area (Å²) in [5, 5.41) is 12.6. The van der Waals surface area contributed by atoms with Crippen molar-refractivity contribution in [2.45, 2.75) is 12.6 Å². The van der Waals surface area contributed by atoms with Gasteiger partial charge in [0, 0.05) is 24.5 Å². The van der Waals surface area contributed by atoms with Gasteiger partial charge in [0.25, 0.3) is 5.91 Å². The van der Waals surface area contributed by atoms with Crippen LogP contribution in [0, 0.1) is 0 Å². The minimum absolute atomic E-state index is 0.174. The van der Waals surface area contributed by atoms with Crippen LogP contribution in [0.5, 0.6) is 0 Å². The minimum atomic E-state index is -0.461. The lowest BCUT2D eigenvalue weighted by molar-refractivity contribution is 0.0916. The Morgan fingerprint density at radius 2 is 1.76 bits per heavy atom. The average molecular weight is 449 g/mol. The summed E-state index contributed by atoms with van der Waals surface area (Å²) in [6, 6.07) is 26.8. The molecular weight excluding hydrogens is 424 g/mol. The number of carbonyl (C=O) groups is 1. The number of hydrogen-bond acceptors (Lipinski definition) is 4. The van der Waals surface area contributed by atoms with Gasteiger partial charge in [-0.05, 0) is 46.5 Å². The van der Waals surface area contributed by atoms with Gasteiger partial charge in [0.2, 0.25) is 0 Å². The Morgan fingerprint density at radius 1 is 0.941 bits per heavy atom. The summed E-state index contributed by atoms with van der Waals surface area (Å²) < 4.78 is 2.07. The van der Waals surface area contributed by atoms with E-state index in [1.54, 1.807) is 24.7 Å². The largest absolute Gasteiger partial charge is 0.394 e. The zero-order chi connectivity index (χ0) is 23.3. The number of aliphatic hydroxyl groups excluding tert-OH is 1. The highest BCUT2D eigenvalue weighted by atomic mass is 16.3. The van der Waals surface area contributed by atoms with E-state index in [4.69, 9.17) is 0 Å². The molecule has 0 aliphatic carbocycles. The smallest absolute Gasteiger partial charge is 0.251 e. The summed E-state index contributed by atoms with van der Waals surface area (Å²) in [7, 11) is 0. The van der Waals surface area contributed by atoms with E-state index in [9.17, 15) is 9.90 Å². The van der Waals surface area contributed by atoms with E-state index in [-0.39, 0.29) is 12.5 Å². The molecule has 2 aromatic heterocycles. The quantitative estimate of drug-likeness (QED) is 0.381. The van der Waals surface area contributed by atoms with Crippen molar-refractivity contribution in [3.8, 4) is 11.1 Å². The molecule has 1 atom stereocenters. The molecule has 0 spiro atoms. The zero-order valence-corrected chi connectivity index (χ0v) is 18.5. The van der Waals surface area contributed by atoms with Gasteiger partial charge in [-0.3, -0.25) is 9.78 Å². The number of fused-ring (bicyclic) bond motifs is 1. The Hall–Kier alpha value is -4.29. The number of nitrogens with one attached hydrogen (secondary N) is 1. The number of nitrogens with zero attached hydrogens (tertiary/aromatic N) is 3. The highest BCUT2D eigenvalue weighted by Gasteiger charge is 2.16. The van der Waals surface area contributed by atoms with E-state index in [0.29, 0.717) is 12.1 Å². The number of hydrogen-bond donors (Lipinski definition) is 2. The lowest BCUT2D eigenvalue weighted by atomic mass is 10.1. The van der Waals surface area contributed by atoms with Crippen LogP contribution >= 0.6 is 0 Å². The fraction of sp³-hybridized carbons (Fsp3) is 0.107. The van der Waals surface area contributed by atoms with E-state index >= 15 is 0 Å². The van der Waals surface area contributed by atoms with Gasteiger partial charge in [0.15, 0.2) is 0 Å². The number of imidazole rings is 1. The Balaban J connectivity index is 1.31. The maximum Gasteiger partial charge on any atom is 0.251 e. The first-order chi connectivity index (χ1) is 16.7. The van der Waals surface area contributed by atoms with Crippen LogP contribution in [0.1, 0.15) is 27.5 Å². The van der Waals surface area contributed by atoms with E-state index in [2.05, 4.69) is 44.1 Å². The summed E-state index contributed by atoms with van der Waals surface area (Å²) in [6.07, 6.45) is 5.42. The average Bonchev–Trinajstić information content (AvgIpc) is 3.30. The van der Waals surface area contributed by atoms with Crippen molar-refractivity contribution in [1.82, 2.24) is 19.9 Å². The molecule has 5 aromatic rings. The van der Waals surface area contributed by atoms with Crippen molar-refractivity contribution in [3.63, 3.8) is 0 Å². The summed E-state index contributed by atoms with van der Waals surface area (Å²) in [4.78, 5) is 21.5. The molecule has 2 heterocycles. The third-order valence-electron chi connectivity index (χ3n) is 5.87. The molecule has 2 N–H and O–H groups in total. The van der Waals surface area contributed by atoms with Gasteiger partial charge >= 0.3 is 0 Å². The molecule has 0 radical (unpaired) electrons. The van der Waals surface area contributed by atoms with Crippen molar-refractivity contribution >= 4 is 16.9 Å². The second kappa shape index (κ2) is 9.68. The zero-order valence-electron chi connectivity index (χ0n) is 18.5. The van der Waals surface area contributed by atoms with E-state index in [1.807, 2.05) is 54.7 Å². The monoisotopic (exact) mass is 448 g/mol. The van der Waals surface area contributed by atoms with Crippen LogP contribution in [-0.4, -0.2) is 32.2 Å². The van der Waals surface area contributed by atoms with Gasteiger partial charge in [-0.25, -0.2) is 4.98 Å². The second-order valence-electron chi connectivity index (χ2n) is 8.13. The summed E-state index contributed by atoms with van der Waals surface area (Å²) >= 11 is 0. The van der Waals surface area contributed by atoms with Crippen LogP contribution in [0.2, 0.25) is 0 Å². The predicted octanol–water partition coefficient (Wildman–Crippen LogP) is 4.61. The number of aliphatic hydroxyl groups is 1. The standard InChI is InChI=1S/C28H24N4O2/c33-18-26(22-5-2-1-3-6-22)31-28(34)23-12-13-27-25(15-23)30-19-32(27)17-20-8-10-21(11-9-20)24-7-4-14-29-16-24/h1-16,19,26,33H,17-18H2,(H,31,34)/t26-/m0/s1. The topological polar surface area (TPSA) is 80.0 Å². The first-order valence-corrected chi connectivity index (χ1v) is 11.1. The molecule has 1 amide bonds. The number of amides is 1. The third kappa shape index (κ3) is 4.58. The van der Waals surface area contributed by atoms with Crippen LogP contribution in [0.3, 0.4) is 0 Å². The van der Waals surface area contributed by atoms with Crippen molar-refractivity contribution in [3.05, 3.63) is 120 Å². The highest BCUT2D eigenvalue weighted by Crippen LogP contribution is 2.21. The highest BCUT2D eigenvalue weighted by molar-refractivity contribution is 5.97. The third-order valence-corrected chi connectivity index (χ3v) is 5.87. The van der Waals surface area contributed by atoms with Crippen molar-refractivity contribution in [2.75, 3.05) is 6.61 Å². The number of aromatic nitrogens is 3. The van der Waals surface area contributed by atoms with Crippen LogP contribution in [0.4, 0.5) is 0 Å². The van der Waals surface area contributed by atoms with Crippen LogP contribution in [0.25, 0.3) is 22.2 Å². The normalized spacial score (nSPS) is 11.9. The first-order valence-electron chi connectivity index (χ1n) is 11.1. The number of benzene rings is 3. The summed E-state index contributed by atoms with van der Waals surface area (Å²) in [5.41, 5.74) is 6.44. The molecule has 0 fully saturated rings. The summed E-state index contributed by atoms with van der Waals surface area (Å²) in [6.45, 7) is 0.502. The van der Waals surface area contributed by atoms with Gasteiger partial charge in [-0.15, -0.1) is 0 Å². The van der Waals surface area contributed by atoms with Gasteiger partial charge in [-0.1, -0.05) is 60.7 Å². The van der Waals surface area contributed by atoms with Crippen molar-refractivity contribution < 1.29 is 9.90 Å². The predicted molar refractivity (Wildman–Crippen MR) is 132 cm³/mol. The van der Waals surface area contributed by atoms with E-state index in [0.717, 1.165) is 33.3 Å². The Bertz CT molecular complexity index is 1400. The molecule has 34 heavy (non-hydrogen) atoms.